The number of imidazole rings is 1. The van der Waals surface area contributed by atoms with Crippen LogP contribution in [0.4, 0.5) is 0 Å². The molecular formula is C12H18ClN3. The molecule has 2 aliphatic rings. The summed E-state index contributed by atoms with van der Waals surface area (Å²) in [6.45, 7) is 2.53. The van der Waals surface area contributed by atoms with E-state index in [2.05, 4.69) is 14.5 Å². The number of hydrogen-bond donors (Lipinski definition) is 0. The highest BCUT2D eigenvalue weighted by molar-refractivity contribution is 6.16. The fourth-order valence-electron chi connectivity index (χ4n) is 3.28. The van der Waals surface area contributed by atoms with Gasteiger partial charge in [-0.1, -0.05) is 6.42 Å². The molecule has 0 aliphatic carbocycles. The number of rotatable bonds is 2. The summed E-state index contributed by atoms with van der Waals surface area (Å²) < 4.78 is 2.31. The van der Waals surface area contributed by atoms with E-state index in [1.54, 1.807) is 0 Å². The zero-order valence-electron chi connectivity index (χ0n) is 9.48. The summed E-state index contributed by atoms with van der Waals surface area (Å²) in [5.41, 5.74) is 1.17. The van der Waals surface area contributed by atoms with Crippen molar-refractivity contribution in [1.29, 1.82) is 0 Å². The second kappa shape index (κ2) is 4.38. The summed E-state index contributed by atoms with van der Waals surface area (Å²) in [6.07, 6.45) is 9.20. The van der Waals surface area contributed by atoms with E-state index in [0.717, 1.165) is 6.04 Å². The van der Waals surface area contributed by atoms with Crippen LogP contribution in [-0.4, -0.2) is 33.6 Å². The smallest absolute Gasteiger partial charge is 0.0951 e. The normalized spacial score (nSPS) is 30.6. The standard InChI is InChI=1S/C12H18ClN3/c13-7-10-8-14-9-16(10)12-4-6-15-5-2-1-3-11(12)15/h8-9,11-12H,1-7H2. The van der Waals surface area contributed by atoms with Crippen LogP contribution in [0.15, 0.2) is 12.5 Å². The highest BCUT2D eigenvalue weighted by atomic mass is 35.5. The molecule has 2 aliphatic heterocycles. The number of aromatic nitrogens is 2. The van der Waals surface area contributed by atoms with Gasteiger partial charge in [-0.25, -0.2) is 4.98 Å². The third kappa shape index (κ3) is 1.66. The van der Waals surface area contributed by atoms with Gasteiger partial charge in [-0.15, -0.1) is 11.6 Å². The van der Waals surface area contributed by atoms with Gasteiger partial charge in [0.25, 0.3) is 0 Å². The minimum absolute atomic E-state index is 0.573. The molecule has 1 aromatic rings. The van der Waals surface area contributed by atoms with E-state index >= 15 is 0 Å². The van der Waals surface area contributed by atoms with E-state index in [1.165, 1.54) is 44.5 Å². The first-order valence-electron chi connectivity index (χ1n) is 6.21. The molecule has 4 heteroatoms. The van der Waals surface area contributed by atoms with Crippen molar-refractivity contribution in [3.63, 3.8) is 0 Å². The van der Waals surface area contributed by atoms with E-state index in [0.29, 0.717) is 11.9 Å². The zero-order chi connectivity index (χ0) is 11.0. The number of nitrogens with zero attached hydrogens (tertiary/aromatic N) is 3. The molecule has 16 heavy (non-hydrogen) atoms. The van der Waals surface area contributed by atoms with E-state index in [9.17, 15) is 0 Å². The molecule has 0 bridgehead atoms. The van der Waals surface area contributed by atoms with Crippen molar-refractivity contribution in [2.45, 2.75) is 43.6 Å². The Hall–Kier alpha value is -0.540. The molecule has 0 N–H and O–H groups in total. The summed E-state index contributed by atoms with van der Waals surface area (Å²) >= 11 is 5.95. The molecule has 0 amide bonds. The average Bonchev–Trinajstić information content (AvgIpc) is 2.94. The summed E-state index contributed by atoms with van der Waals surface area (Å²) in [5.74, 6) is 0.573. The largest absolute Gasteiger partial charge is 0.329 e. The molecule has 2 atom stereocenters. The Morgan fingerprint density at radius 3 is 3.06 bits per heavy atom. The molecule has 2 saturated heterocycles. The average molecular weight is 240 g/mol. The van der Waals surface area contributed by atoms with Crippen LogP contribution in [0.3, 0.4) is 0 Å². The van der Waals surface area contributed by atoms with Gasteiger partial charge in [-0.05, 0) is 25.8 Å². The second-order valence-electron chi connectivity index (χ2n) is 4.88. The lowest BCUT2D eigenvalue weighted by Crippen LogP contribution is -2.37. The lowest BCUT2D eigenvalue weighted by molar-refractivity contribution is 0.172. The summed E-state index contributed by atoms with van der Waals surface area (Å²) in [7, 11) is 0. The number of fused-ring (bicyclic) bond motifs is 1. The number of piperidine rings is 1. The zero-order valence-corrected chi connectivity index (χ0v) is 10.2. The van der Waals surface area contributed by atoms with E-state index < -0.39 is 0 Å². The summed E-state index contributed by atoms with van der Waals surface area (Å²) in [6, 6.07) is 1.33. The Morgan fingerprint density at radius 1 is 1.25 bits per heavy atom. The van der Waals surface area contributed by atoms with Gasteiger partial charge >= 0.3 is 0 Å². The van der Waals surface area contributed by atoms with Crippen LogP contribution < -0.4 is 0 Å². The van der Waals surface area contributed by atoms with Crippen LogP contribution in [0.1, 0.15) is 37.4 Å². The van der Waals surface area contributed by atoms with Gasteiger partial charge in [0.1, 0.15) is 0 Å². The molecule has 0 radical (unpaired) electrons. The first-order chi connectivity index (χ1) is 7.90. The van der Waals surface area contributed by atoms with Crippen molar-refractivity contribution in [2.24, 2.45) is 0 Å². The first kappa shape index (κ1) is 10.6. The van der Waals surface area contributed by atoms with Gasteiger partial charge in [0.15, 0.2) is 0 Å². The molecule has 3 rings (SSSR count). The SMILES string of the molecule is ClCc1cncn1C1CCN2CCCCC12. The predicted molar refractivity (Wildman–Crippen MR) is 64.7 cm³/mol. The Labute approximate surface area is 101 Å². The second-order valence-corrected chi connectivity index (χ2v) is 5.15. The number of hydrogen-bond acceptors (Lipinski definition) is 2. The van der Waals surface area contributed by atoms with Crippen LogP contribution in [0, 0.1) is 0 Å². The van der Waals surface area contributed by atoms with Gasteiger partial charge in [0.05, 0.1) is 23.9 Å². The minimum atomic E-state index is 0.573. The van der Waals surface area contributed by atoms with Crippen LogP contribution in [0.25, 0.3) is 0 Å². The maximum Gasteiger partial charge on any atom is 0.0951 e. The van der Waals surface area contributed by atoms with Gasteiger partial charge in [0, 0.05) is 18.8 Å². The van der Waals surface area contributed by atoms with Crippen molar-refractivity contribution in [2.75, 3.05) is 13.1 Å². The highest BCUT2D eigenvalue weighted by Crippen LogP contribution is 2.35. The molecule has 88 valence electrons. The summed E-state index contributed by atoms with van der Waals surface area (Å²) in [5, 5.41) is 0. The molecule has 1 aromatic heterocycles. The molecular weight excluding hydrogens is 222 g/mol. The van der Waals surface area contributed by atoms with E-state index in [-0.39, 0.29) is 0 Å². The van der Waals surface area contributed by atoms with Gasteiger partial charge in [-0.3, -0.25) is 4.90 Å². The lowest BCUT2D eigenvalue weighted by atomic mass is 9.99. The topological polar surface area (TPSA) is 21.1 Å². The van der Waals surface area contributed by atoms with E-state index in [4.69, 9.17) is 11.6 Å². The molecule has 2 unspecified atom stereocenters. The fraction of sp³-hybridized carbons (Fsp3) is 0.750. The van der Waals surface area contributed by atoms with Crippen LogP contribution in [-0.2, 0) is 5.88 Å². The highest BCUT2D eigenvalue weighted by Gasteiger charge is 2.36. The molecule has 0 saturated carbocycles. The Kier molecular flexibility index (Phi) is 2.90. The Bertz CT molecular complexity index is 363. The molecule has 3 heterocycles. The molecule has 0 spiro atoms. The van der Waals surface area contributed by atoms with Crippen molar-refractivity contribution >= 4 is 11.6 Å². The third-order valence-corrected chi connectivity index (χ3v) is 4.33. The molecule has 0 aromatic carbocycles. The third-order valence-electron chi connectivity index (χ3n) is 4.06. The lowest BCUT2D eigenvalue weighted by Gasteiger charge is -2.33. The molecule has 3 nitrogen and oxygen atoms in total. The quantitative estimate of drug-likeness (QED) is 0.740. The van der Waals surface area contributed by atoms with Crippen molar-refractivity contribution in [3.05, 3.63) is 18.2 Å². The van der Waals surface area contributed by atoms with Crippen molar-refractivity contribution in [3.8, 4) is 0 Å². The molecule has 2 fully saturated rings. The van der Waals surface area contributed by atoms with E-state index in [1.807, 2.05) is 12.5 Å². The van der Waals surface area contributed by atoms with Gasteiger partial charge < -0.3 is 4.57 Å². The first-order valence-corrected chi connectivity index (χ1v) is 6.74. The van der Waals surface area contributed by atoms with Gasteiger partial charge in [-0.2, -0.15) is 0 Å². The van der Waals surface area contributed by atoms with Crippen LogP contribution >= 0.6 is 11.6 Å². The maximum absolute atomic E-state index is 5.95. The predicted octanol–water partition coefficient (Wildman–Crippen LogP) is 2.42. The monoisotopic (exact) mass is 239 g/mol. The maximum atomic E-state index is 5.95. The fourth-order valence-corrected chi connectivity index (χ4v) is 3.49. The van der Waals surface area contributed by atoms with Crippen LogP contribution in [0.2, 0.25) is 0 Å². The van der Waals surface area contributed by atoms with Crippen molar-refractivity contribution < 1.29 is 0 Å². The van der Waals surface area contributed by atoms with Crippen molar-refractivity contribution in [1.82, 2.24) is 14.5 Å². The summed E-state index contributed by atoms with van der Waals surface area (Å²) in [4.78, 5) is 6.88. The Balaban J connectivity index is 1.84. The van der Waals surface area contributed by atoms with Crippen LogP contribution in [0.5, 0.6) is 0 Å². The van der Waals surface area contributed by atoms with Gasteiger partial charge in [0.2, 0.25) is 0 Å². The minimum Gasteiger partial charge on any atom is -0.329 e. The number of halogens is 1. The number of alkyl halides is 1. The Morgan fingerprint density at radius 2 is 2.19 bits per heavy atom.